The van der Waals surface area contributed by atoms with Crippen LogP contribution in [-0.4, -0.2) is 34.3 Å². The smallest absolute Gasteiger partial charge is 0.315 e. The van der Waals surface area contributed by atoms with E-state index in [2.05, 4.69) is 26.1 Å². The molecule has 1 aromatic carbocycles. The summed E-state index contributed by atoms with van der Waals surface area (Å²) in [4.78, 5) is 18.9. The summed E-state index contributed by atoms with van der Waals surface area (Å²) in [5, 5.41) is 10.2. The summed E-state index contributed by atoms with van der Waals surface area (Å²) < 4.78 is 5.29. The number of hydrogen-bond acceptors (Lipinski definition) is 7. The Labute approximate surface area is 155 Å². The third-order valence-electron chi connectivity index (χ3n) is 4.33. The molecule has 0 amide bonds. The molecule has 0 saturated heterocycles. The van der Waals surface area contributed by atoms with Crippen LogP contribution in [0.4, 0.5) is 5.13 Å². The zero-order valence-corrected chi connectivity index (χ0v) is 15.1. The lowest BCUT2D eigenvalue weighted by molar-refractivity contribution is -0.144. The summed E-state index contributed by atoms with van der Waals surface area (Å²) in [7, 11) is 0. The fraction of sp³-hybridized carbons (Fsp3) is 0.263. The van der Waals surface area contributed by atoms with Crippen LogP contribution in [0.3, 0.4) is 0 Å². The number of nitrogens with zero attached hydrogens (tertiary/aromatic N) is 4. The molecule has 0 N–H and O–H groups in total. The standard InChI is InChI=1S/C19H18N4O2S/c1-2-25-18(24)15-12-23(11-13-7-3-4-8-14(13)15)19-22-21-17(26-19)16-9-5-6-10-20-16/h3-10,15H,2,11-12H2,1H3/t15-/m1/s1. The van der Waals surface area contributed by atoms with Gasteiger partial charge in [0.1, 0.15) is 5.69 Å². The third kappa shape index (κ3) is 3.17. The van der Waals surface area contributed by atoms with Crippen LogP contribution < -0.4 is 4.90 Å². The number of anilines is 1. The number of carbonyl (C=O) groups excluding carboxylic acids is 1. The van der Waals surface area contributed by atoms with Crippen LogP contribution in [0.2, 0.25) is 0 Å². The van der Waals surface area contributed by atoms with Gasteiger partial charge in [0.05, 0.1) is 12.5 Å². The van der Waals surface area contributed by atoms with Crippen LogP contribution in [0, 0.1) is 0 Å². The van der Waals surface area contributed by atoms with E-state index in [9.17, 15) is 4.79 Å². The van der Waals surface area contributed by atoms with Crippen molar-refractivity contribution in [2.45, 2.75) is 19.4 Å². The summed E-state index contributed by atoms with van der Waals surface area (Å²) in [6, 6.07) is 13.7. The van der Waals surface area contributed by atoms with Crippen molar-refractivity contribution in [3.05, 3.63) is 59.8 Å². The lowest BCUT2D eigenvalue weighted by Gasteiger charge is -2.33. The number of pyridine rings is 1. The normalized spacial score (nSPS) is 16.2. The fourth-order valence-electron chi connectivity index (χ4n) is 3.13. The van der Waals surface area contributed by atoms with Crippen LogP contribution in [0.25, 0.3) is 10.7 Å². The predicted octanol–water partition coefficient (Wildman–Crippen LogP) is 3.27. The number of aromatic nitrogens is 3. The maximum Gasteiger partial charge on any atom is 0.315 e. The molecule has 6 nitrogen and oxygen atoms in total. The van der Waals surface area contributed by atoms with Gasteiger partial charge in [-0.1, -0.05) is 41.7 Å². The minimum Gasteiger partial charge on any atom is -0.465 e. The third-order valence-corrected chi connectivity index (χ3v) is 5.34. The summed E-state index contributed by atoms with van der Waals surface area (Å²) in [6.45, 7) is 3.43. The Hall–Kier alpha value is -2.80. The molecule has 0 aliphatic carbocycles. The number of carbonyl (C=O) groups is 1. The highest BCUT2D eigenvalue weighted by atomic mass is 32.1. The Balaban J connectivity index is 1.64. The Bertz CT molecular complexity index is 913. The summed E-state index contributed by atoms with van der Waals surface area (Å²) in [6.07, 6.45) is 1.74. The second-order valence-corrected chi connectivity index (χ2v) is 6.94. The second kappa shape index (κ2) is 7.21. The quantitative estimate of drug-likeness (QED) is 0.660. The molecule has 3 aromatic rings. The number of hydrogen-bond donors (Lipinski definition) is 0. The topological polar surface area (TPSA) is 68.2 Å². The summed E-state index contributed by atoms with van der Waals surface area (Å²) in [5.41, 5.74) is 2.96. The second-order valence-electron chi connectivity index (χ2n) is 5.99. The van der Waals surface area contributed by atoms with E-state index >= 15 is 0 Å². The highest BCUT2D eigenvalue weighted by Crippen LogP contribution is 2.35. The molecule has 0 unspecified atom stereocenters. The zero-order chi connectivity index (χ0) is 17.9. The van der Waals surface area contributed by atoms with Crippen LogP contribution in [0.1, 0.15) is 24.0 Å². The van der Waals surface area contributed by atoms with E-state index in [0.717, 1.165) is 27.0 Å². The van der Waals surface area contributed by atoms with Gasteiger partial charge < -0.3 is 9.64 Å². The Morgan fingerprint density at radius 3 is 2.88 bits per heavy atom. The molecule has 1 aliphatic rings. The maximum atomic E-state index is 12.5. The van der Waals surface area contributed by atoms with Gasteiger partial charge in [-0.25, -0.2) is 0 Å². The predicted molar refractivity (Wildman–Crippen MR) is 100 cm³/mol. The minimum atomic E-state index is -0.317. The average Bonchev–Trinajstić information content (AvgIpc) is 3.18. The SMILES string of the molecule is CCOC(=O)[C@@H]1CN(c2nnc(-c3ccccn3)s2)Cc2ccccc21. The van der Waals surface area contributed by atoms with Gasteiger partial charge in [-0.05, 0) is 30.2 Å². The molecule has 0 fully saturated rings. The number of rotatable bonds is 4. The number of ether oxygens (including phenoxy) is 1. The first-order valence-electron chi connectivity index (χ1n) is 8.50. The lowest BCUT2D eigenvalue weighted by atomic mass is 9.90. The summed E-state index contributed by atoms with van der Waals surface area (Å²) in [5.74, 6) is -0.513. The Kier molecular flexibility index (Phi) is 4.62. The first-order valence-corrected chi connectivity index (χ1v) is 9.32. The zero-order valence-electron chi connectivity index (χ0n) is 14.3. The van der Waals surface area contributed by atoms with Crippen LogP contribution in [0.15, 0.2) is 48.7 Å². The maximum absolute atomic E-state index is 12.5. The molecule has 7 heteroatoms. The largest absolute Gasteiger partial charge is 0.465 e. The molecule has 26 heavy (non-hydrogen) atoms. The van der Waals surface area contributed by atoms with E-state index in [1.807, 2.05) is 43.3 Å². The molecule has 132 valence electrons. The van der Waals surface area contributed by atoms with Crippen molar-refractivity contribution in [1.29, 1.82) is 0 Å². The van der Waals surface area contributed by atoms with Crippen molar-refractivity contribution in [3.8, 4) is 10.7 Å². The number of fused-ring (bicyclic) bond motifs is 1. The molecule has 2 aromatic heterocycles. The molecule has 3 heterocycles. The Morgan fingerprint density at radius 2 is 2.08 bits per heavy atom. The highest BCUT2D eigenvalue weighted by Gasteiger charge is 2.32. The summed E-state index contributed by atoms with van der Waals surface area (Å²) >= 11 is 1.48. The van der Waals surface area contributed by atoms with Crippen molar-refractivity contribution in [3.63, 3.8) is 0 Å². The van der Waals surface area contributed by atoms with Gasteiger partial charge in [0.2, 0.25) is 5.13 Å². The van der Waals surface area contributed by atoms with E-state index in [-0.39, 0.29) is 11.9 Å². The van der Waals surface area contributed by atoms with Gasteiger partial charge in [-0.15, -0.1) is 10.2 Å². The molecule has 0 radical (unpaired) electrons. The Morgan fingerprint density at radius 1 is 1.23 bits per heavy atom. The van der Waals surface area contributed by atoms with Crippen molar-refractivity contribution < 1.29 is 9.53 Å². The van der Waals surface area contributed by atoms with Crippen LogP contribution in [0.5, 0.6) is 0 Å². The average molecular weight is 366 g/mol. The fourth-order valence-corrected chi connectivity index (χ4v) is 3.96. The van der Waals surface area contributed by atoms with E-state index in [1.54, 1.807) is 6.20 Å². The monoisotopic (exact) mass is 366 g/mol. The molecule has 1 atom stereocenters. The van der Waals surface area contributed by atoms with Gasteiger partial charge in [-0.3, -0.25) is 9.78 Å². The molecule has 1 aliphatic heterocycles. The number of benzene rings is 1. The van der Waals surface area contributed by atoms with Gasteiger partial charge in [0.25, 0.3) is 0 Å². The molecule has 4 rings (SSSR count). The van der Waals surface area contributed by atoms with Crippen molar-refractivity contribution >= 4 is 22.4 Å². The van der Waals surface area contributed by atoms with Crippen LogP contribution >= 0.6 is 11.3 Å². The van der Waals surface area contributed by atoms with E-state index in [0.29, 0.717) is 19.7 Å². The lowest BCUT2D eigenvalue weighted by Crippen LogP contribution is -2.37. The molecule has 0 bridgehead atoms. The van der Waals surface area contributed by atoms with Gasteiger partial charge in [0, 0.05) is 19.3 Å². The molecule has 0 saturated carbocycles. The van der Waals surface area contributed by atoms with Gasteiger partial charge in [0.15, 0.2) is 5.01 Å². The molecular formula is C19H18N4O2S. The number of esters is 1. The van der Waals surface area contributed by atoms with Crippen molar-refractivity contribution in [2.24, 2.45) is 0 Å². The van der Waals surface area contributed by atoms with Gasteiger partial charge >= 0.3 is 5.97 Å². The van der Waals surface area contributed by atoms with E-state index < -0.39 is 0 Å². The molecular weight excluding hydrogens is 348 g/mol. The first kappa shape index (κ1) is 16.7. The van der Waals surface area contributed by atoms with E-state index in [1.165, 1.54) is 11.3 Å². The van der Waals surface area contributed by atoms with Gasteiger partial charge in [-0.2, -0.15) is 0 Å². The van der Waals surface area contributed by atoms with Crippen molar-refractivity contribution in [1.82, 2.24) is 15.2 Å². The van der Waals surface area contributed by atoms with Crippen LogP contribution in [-0.2, 0) is 16.1 Å². The van der Waals surface area contributed by atoms with Crippen molar-refractivity contribution in [2.75, 3.05) is 18.1 Å². The first-order chi connectivity index (χ1) is 12.8. The molecule has 0 spiro atoms. The minimum absolute atomic E-state index is 0.195. The van der Waals surface area contributed by atoms with E-state index in [4.69, 9.17) is 4.74 Å². The highest BCUT2D eigenvalue weighted by molar-refractivity contribution is 7.18.